The van der Waals surface area contributed by atoms with Crippen LogP contribution in [0.2, 0.25) is 0 Å². The highest BCUT2D eigenvalue weighted by molar-refractivity contribution is 5.89. The molecule has 19 heavy (non-hydrogen) atoms. The fourth-order valence-electron chi connectivity index (χ4n) is 2.49. The smallest absolute Gasteiger partial charge is 0.337 e. The monoisotopic (exact) mass is 263 g/mol. The SMILES string of the molecule is COC(=O)c1ccc(CN2CCC(O)C(C)C2)cc1. The Morgan fingerprint density at radius 1 is 1.42 bits per heavy atom. The summed E-state index contributed by atoms with van der Waals surface area (Å²) in [5.41, 5.74) is 1.75. The number of nitrogens with zero attached hydrogens (tertiary/aromatic N) is 1. The summed E-state index contributed by atoms with van der Waals surface area (Å²) in [7, 11) is 1.39. The standard InChI is InChI=1S/C15H21NO3/c1-11-9-16(8-7-14(11)17)10-12-3-5-13(6-4-12)15(18)19-2/h3-6,11,14,17H,7-10H2,1-2H3. The van der Waals surface area contributed by atoms with Gasteiger partial charge in [0.2, 0.25) is 0 Å². The number of hydrogen-bond donors (Lipinski definition) is 1. The molecule has 1 aliphatic rings. The molecular weight excluding hydrogens is 242 g/mol. The lowest BCUT2D eigenvalue weighted by Gasteiger charge is -2.34. The molecule has 1 saturated heterocycles. The van der Waals surface area contributed by atoms with E-state index in [1.54, 1.807) is 12.1 Å². The number of carbonyl (C=O) groups is 1. The Balaban J connectivity index is 1.94. The average molecular weight is 263 g/mol. The maximum atomic E-state index is 11.3. The van der Waals surface area contributed by atoms with Gasteiger partial charge in [-0.25, -0.2) is 4.79 Å². The van der Waals surface area contributed by atoms with Gasteiger partial charge in [-0.05, 0) is 30.0 Å². The van der Waals surface area contributed by atoms with Crippen molar-refractivity contribution in [3.05, 3.63) is 35.4 Å². The lowest BCUT2D eigenvalue weighted by atomic mass is 9.96. The van der Waals surface area contributed by atoms with E-state index >= 15 is 0 Å². The molecule has 1 fully saturated rings. The topological polar surface area (TPSA) is 49.8 Å². The largest absolute Gasteiger partial charge is 0.465 e. The first kappa shape index (κ1) is 14.0. The summed E-state index contributed by atoms with van der Waals surface area (Å²) in [6.07, 6.45) is 0.666. The minimum absolute atomic E-state index is 0.169. The summed E-state index contributed by atoms with van der Waals surface area (Å²) < 4.78 is 4.67. The third kappa shape index (κ3) is 3.55. The molecule has 2 unspecified atom stereocenters. The van der Waals surface area contributed by atoms with Crippen molar-refractivity contribution in [3.63, 3.8) is 0 Å². The zero-order chi connectivity index (χ0) is 13.8. The second-order valence-corrected chi connectivity index (χ2v) is 5.26. The Hall–Kier alpha value is -1.39. The number of methoxy groups -OCH3 is 1. The highest BCUT2D eigenvalue weighted by Gasteiger charge is 2.23. The van der Waals surface area contributed by atoms with Crippen molar-refractivity contribution < 1.29 is 14.6 Å². The molecule has 1 N–H and O–H groups in total. The Labute approximate surface area is 114 Å². The Kier molecular flexibility index (Phi) is 4.56. The van der Waals surface area contributed by atoms with Crippen LogP contribution in [0, 0.1) is 5.92 Å². The quantitative estimate of drug-likeness (QED) is 0.843. The van der Waals surface area contributed by atoms with Gasteiger partial charge in [0, 0.05) is 19.6 Å². The van der Waals surface area contributed by atoms with E-state index in [1.165, 1.54) is 12.7 Å². The van der Waals surface area contributed by atoms with Gasteiger partial charge < -0.3 is 9.84 Å². The van der Waals surface area contributed by atoms with Gasteiger partial charge in [-0.2, -0.15) is 0 Å². The van der Waals surface area contributed by atoms with Crippen LogP contribution in [-0.2, 0) is 11.3 Å². The Morgan fingerprint density at radius 2 is 2.11 bits per heavy atom. The van der Waals surface area contributed by atoms with E-state index < -0.39 is 0 Å². The lowest BCUT2D eigenvalue weighted by molar-refractivity contribution is 0.0320. The van der Waals surface area contributed by atoms with Crippen molar-refractivity contribution >= 4 is 5.97 Å². The van der Waals surface area contributed by atoms with E-state index in [1.807, 2.05) is 12.1 Å². The van der Waals surface area contributed by atoms with Crippen LogP contribution < -0.4 is 0 Å². The fourth-order valence-corrected chi connectivity index (χ4v) is 2.49. The van der Waals surface area contributed by atoms with Gasteiger partial charge in [-0.3, -0.25) is 4.90 Å². The summed E-state index contributed by atoms with van der Waals surface area (Å²) in [6.45, 7) is 4.78. The van der Waals surface area contributed by atoms with E-state index in [0.29, 0.717) is 11.5 Å². The first-order valence-electron chi connectivity index (χ1n) is 6.68. The van der Waals surface area contributed by atoms with Gasteiger partial charge in [0.15, 0.2) is 0 Å². The van der Waals surface area contributed by atoms with Crippen molar-refractivity contribution in [2.45, 2.75) is 26.0 Å². The zero-order valence-electron chi connectivity index (χ0n) is 11.5. The summed E-state index contributed by atoms with van der Waals surface area (Å²) in [4.78, 5) is 13.7. The number of hydrogen-bond acceptors (Lipinski definition) is 4. The van der Waals surface area contributed by atoms with Crippen molar-refractivity contribution in [3.8, 4) is 0 Å². The number of piperidine rings is 1. The van der Waals surface area contributed by atoms with Gasteiger partial charge in [-0.1, -0.05) is 19.1 Å². The minimum atomic E-state index is -0.304. The third-order valence-electron chi connectivity index (χ3n) is 3.73. The van der Waals surface area contributed by atoms with Gasteiger partial charge in [0.05, 0.1) is 18.8 Å². The molecule has 1 aliphatic heterocycles. The van der Waals surface area contributed by atoms with Crippen LogP contribution in [0.3, 0.4) is 0 Å². The van der Waals surface area contributed by atoms with Gasteiger partial charge in [0.25, 0.3) is 0 Å². The fraction of sp³-hybridized carbons (Fsp3) is 0.533. The van der Waals surface area contributed by atoms with E-state index in [4.69, 9.17) is 0 Å². The average Bonchev–Trinajstić information content (AvgIpc) is 2.43. The first-order chi connectivity index (χ1) is 9.10. The minimum Gasteiger partial charge on any atom is -0.465 e. The molecule has 1 aromatic rings. The maximum Gasteiger partial charge on any atom is 0.337 e. The molecule has 1 heterocycles. The van der Waals surface area contributed by atoms with Crippen LogP contribution in [0.4, 0.5) is 0 Å². The van der Waals surface area contributed by atoms with Crippen LogP contribution in [0.15, 0.2) is 24.3 Å². The first-order valence-corrected chi connectivity index (χ1v) is 6.68. The molecule has 0 radical (unpaired) electrons. The molecule has 2 atom stereocenters. The normalized spacial score (nSPS) is 24.2. The molecule has 1 aromatic carbocycles. The summed E-state index contributed by atoms with van der Waals surface area (Å²) in [5.74, 6) is 0.0179. The molecule has 0 bridgehead atoms. The third-order valence-corrected chi connectivity index (χ3v) is 3.73. The van der Waals surface area contributed by atoms with E-state index in [9.17, 15) is 9.90 Å². The Morgan fingerprint density at radius 3 is 2.68 bits per heavy atom. The number of carbonyl (C=O) groups excluding carboxylic acids is 1. The molecule has 0 aromatic heterocycles. The van der Waals surface area contributed by atoms with Crippen molar-refractivity contribution in [1.29, 1.82) is 0 Å². The molecular formula is C15H21NO3. The van der Waals surface area contributed by atoms with Crippen LogP contribution in [-0.4, -0.2) is 42.3 Å². The summed E-state index contributed by atoms with van der Waals surface area (Å²) in [6, 6.07) is 7.51. The number of rotatable bonds is 3. The highest BCUT2D eigenvalue weighted by atomic mass is 16.5. The molecule has 2 rings (SSSR count). The molecule has 4 nitrogen and oxygen atoms in total. The molecule has 0 amide bonds. The molecule has 0 aliphatic carbocycles. The zero-order valence-corrected chi connectivity index (χ0v) is 11.5. The number of aliphatic hydroxyl groups is 1. The maximum absolute atomic E-state index is 11.3. The van der Waals surface area contributed by atoms with Gasteiger partial charge in [0.1, 0.15) is 0 Å². The lowest BCUT2D eigenvalue weighted by Crippen LogP contribution is -2.41. The number of ether oxygens (including phenoxy) is 1. The Bertz CT molecular complexity index is 430. The molecule has 0 spiro atoms. The molecule has 4 heteroatoms. The number of benzene rings is 1. The van der Waals surface area contributed by atoms with Crippen LogP contribution >= 0.6 is 0 Å². The van der Waals surface area contributed by atoms with Gasteiger partial charge >= 0.3 is 5.97 Å². The van der Waals surface area contributed by atoms with Crippen molar-refractivity contribution in [2.24, 2.45) is 5.92 Å². The number of likely N-dealkylation sites (tertiary alicyclic amines) is 1. The van der Waals surface area contributed by atoms with Crippen molar-refractivity contribution in [2.75, 3.05) is 20.2 Å². The van der Waals surface area contributed by atoms with Crippen LogP contribution in [0.1, 0.15) is 29.3 Å². The number of aliphatic hydroxyl groups excluding tert-OH is 1. The van der Waals surface area contributed by atoms with E-state index in [2.05, 4.69) is 16.6 Å². The molecule has 104 valence electrons. The van der Waals surface area contributed by atoms with Crippen LogP contribution in [0.25, 0.3) is 0 Å². The predicted molar refractivity (Wildman–Crippen MR) is 72.8 cm³/mol. The molecule has 0 saturated carbocycles. The highest BCUT2D eigenvalue weighted by Crippen LogP contribution is 2.18. The van der Waals surface area contributed by atoms with Crippen molar-refractivity contribution in [1.82, 2.24) is 4.90 Å². The van der Waals surface area contributed by atoms with Gasteiger partial charge in [-0.15, -0.1) is 0 Å². The second-order valence-electron chi connectivity index (χ2n) is 5.26. The van der Waals surface area contributed by atoms with E-state index in [-0.39, 0.29) is 12.1 Å². The predicted octanol–water partition coefficient (Wildman–Crippen LogP) is 1.68. The summed E-state index contributed by atoms with van der Waals surface area (Å²) >= 11 is 0. The number of esters is 1. The van der Waals surface area contributed by atoms with E-state index in [0.717, 1.165) is 26.1 Å². The second kappa shape index (κ2) is 6.17. The van der Waals surface area contributed by atoms with Crippen LogP contribution in [0.5, 0.6) is 0 Å². The summed E-state index contributed by atoms with van der Waals surface area (Å²) in [5, 5.41) is 9.71.